The number of likely N-dealkylation sites (tertiary alicyclic amines) is 1. The molecule has 1 aromatic carbocycles. The van der Waals surface area contributed by atoms with E-state index in [0.717, 1.165) is 6.42 Å². The van der Waals surface area contributed by atoms with Crippen molar-refractivity contribution in [3.8, 4) is 0 Å². The maximum atomic E-state index is 12.9. The van der Waals surface area contributed by atoms with Gasteiger partial charge in [0.1, 0.15) is 0 Å². The number of benzene rings is 1. The molecule has 1 heterocycles. The summed E-state index contributed by atoms with van der Waals surface area (Å²) in [5.74, 6) is 0.156. The predicted molar refractivity (Wildman–Crippen MR) is 107 cm³/mol. The minimum Gasteiger partial charge on any atom is -0.462 e. The van der Waals surface area contributed by atoms with Crippen LogP contribution in [0.4, 0.5) is 5.69 Å². The first kappa shape index (κ1) is 19.0. The molecule has 2 saturated carbocycles. The molecule has 5 aliphatic rings. The van der Waals surface area contributed by atoms with Crippen LogP contribution in [0, 0.1) is 35.5 Å². The molecule has 0 aromatic heterocycles. The molecule has 6 atom stereocenters. The molecule has 7 heteroatoms. The number of esters is 1. The molecule has 2 bridgehead atoms. The average Bonchev–Trinajstić information content (AvgIpc) is 3.52. The van der Waals surface area contributed by atoms with Crippen molar-refractivity contribution < 1.29 is 23.9 Å². The van der Waals surface area contributed by atoms with Gasteiger partial charge in [-0.25, -0.2) is 4.79 Å². The Morgan fingerprint density at radius 2 is 1.63 bits per heavy atom. The van der Waals surface area contributed by atoms with E-state index in [9.17, 15) is 19.2 Å². The van der Waals surface area contributed by atoms with Crippen molar-refractivity contribution in [2.24, 2.45) is 35.5 Å². The Hall–Kier alpha value is -2.96. The fourth-order valence-electron chi connectivity index (χ4n) is 5.58. The standard InChI is InChI=1S/C23H24N2O5/c1-2-30-23(29)12-3-5-13(6-4-12)24-18(26)9-10-25-21(27)19-14-7-8-15(17-11-16(14)17)20(19)22(25)28/h3-8,14-17,19-20H,2,9-11H2,1H3,(H,24,26)/t14-,15-,16-,17+,19+,20+/m0/s1. The van der Waals surface area contributed by atoms with Crippen molar-refractivity contribution in [1.29, 1.82) is 0 Å². The zero-order chi connectivity index (χ0) is 21.0. The number of imide groups is 1. The van der Waals surface area contributed by atoms with Crippen LogP contribution in [0.25, 0.3) is 0 Å². The number of carbonyl (C=O) groups excluding carboxylic acids is 4. The fraction of sp³-hybridized carbons (Fsp3) is 0.478. The van der Waals surface area contributed by atoms with Crippen LogP contribution >= 0.6 is 0 Å². The lowest BCUT2D eigenvalue weighted by Gasteiger charge is -2.37. The van der Waals surface area contributed by atoms with Gasteiger partial charge in [0.05, 0.1) is 24.0 Å². The van der Waals surface area contributed by atoms with Crippen LogP contribution in [-0.4, -0.2) is 41.7 Å². The highest BCUT2D eigenvalue weighted by molar-refractivity contribution is 6.06. The number of rotatable bonds is 6. The first-order valence-corrected chi connectivity index (χ1v) is 10.6. The summed E-state index contributed by atoms with van der Waals surface area (Å²) < 4.78 is 4.93. The Kier molecular flexibility index (Phi) is 4.49. The van der Waals surface area contributed by atoms with Gasteiger partial charge in [0.15, 0.2) is 0 Å². The Bertz CT molecular complexity index is 917. The molecule has 30 heavy (non-hydrogen) atoms. The van der Waals surface area contributed by atoms with E-state index >= 15 is 0 Å². The van der Waals surface area contributed by atoms with Gasteiger partial charge in [0.25, 0.3) is 0 Å². The highest BCUT2D eigenvalue weighted by Gasteiger charge is 2.66. The van der Waals surface area contributed by atoms with Crippen LogP contribution in [0.2, 0.25) is 0 Å². The monoisotopic (exact) mass is 408 g/mol. The van der Waals surface area contributed by atoms with Crippen molar-refractivity contribution in [3.63, 3.8) is 0 Å². The summed E-state index contributed by atoms with van der Waals surface area (Å²) >= 11 is 0. The van der Waals surface area contributed by atoms with E-state index in [1.54, 1.807) is 31.2 Å². The van der Waals surface area contributed by atoms with Crippen molar-refractivity contribution in [2.45, 2.75) is 19.8 Å². The van der Waals surface area contributed by atoms with Gasteiger partial charge in [-0.3, -0.25) is 19.3 Å². The zero-order valence-electron chi connectivity index (χ0n) is 16.7. The number of hydrogen-bond donors (Lipinski definition) is 1. The van der Waals surface area contributed by atoms with E-state index in [1.807, 2.05) is 0 Å². The van der Waals surface area contributed by atoms with Crippen LogP contribution < -0.4 is 5.32 Å². The van der Waals surface area contributed by atoms with Gasteiger partial charge in [-0.15, -0.1) is 0 Å². The molecule has 1 aromatic rings. The third-order valence-electron chi connectivity index (χ3n) is 7.00. The quantitative estimate of drug-likeness (QED) is 0.443. The highest BCUT2D eigenvalue weighted by atomic mass is 16.5. The molecular formula is C23H24N2O5. The van der Waals surface area contributed by atoms with Crippen LogP contribution in [0.5, 0.6) is 0 Å². The minimum atomic E-state index is -0.413. The van der Waals surface area contributed by atoms with E-state index in [1.165, 1.54) is 4.90 Å². The molecule has 1 saturated heterocycles. The molecule has 4 aliphatic carbocycles. The lowest BCUT2D eigenvalue weighted by molar-refractivity contribution is -0.140. The third kappa shape index (κ3) is 2.95. The van der Waals surface area contributed by atoms with Gasteiger partial charge >= 0.3 is 5.97 Å². The van der Waals surface area contributed by atoms with Crippen LogP contribution in [0.1, 0.15) is 30.1 Å². The summed E-state index contributed by atoms with van der Waals surface area (Å²) in [6.07, 6.45) is 5.46. The molecule has 3 fully saturated rings. The molecule has 6 rings (SSSR count). The number of nitrogens with one attached hydrogen (secondary N) is 1. The second-order valence-corrected chi connectivity index (χ2v) is 8.58. The second-order valence-electron chi connectivity index (χ2n) is 8.58. The molecular weight excluding hydrogens is 384 g/mol. The minimum absolute atomic E-state index is 0.0478. The van der Waals surface area contributed by atoms with Gasteiger partial charge < -0.3 is 10.1 Å². The summed E-state index contributed by atoms with van der Waals surface area (Å²) in [7, 11) is 0. The largest absolute Gasteiger partial charge is 0.462 e. The summed E-state index contributed by atoms with van der Waals surface area (Å²) in [5, 5.41) is 2.75. The lowest BCUT2D eigenvalue weighted by Crippen LogP contribution is -2.40. The number of carbonyl (C=O) groups is 4. The van der Waals surface area contributed by atoms with Gasteiger partial charge in [-0.05, 0) is 61.3 Å². The van der Waals surface area contributed by atoms with Crippen molar-refractivity contribution in [3.05, 3.63) is 42.0 Å². The van der Waals surface area contributed by atoms with Crippen molar-refractivity contribution in [1.82, 2.24) is 4.90 Å². The summed E-state index contributed by atoms with van der Waals surface area (Å²) in [6, 6.07) is 6.42. The number of nitrogens with zero attached hydrogens (tertiary/aromatic N) is 1. The fourth-order valence-corrected chi connectivity index (χ4v) is 5.58. The van der Waals surface area contributed by atoms with Gasteiger partial charge in [0, 0.05) is 18.7 Å². The molecule has 1 aliphatic heterocycles. The maximum absolute atomic E-state index is 12.9. The Morgan fingerprint density at radius 3 is 2.20 bits per heavy atom. The number of ether oxygens (including phenoxy) is 1. The van der Waals surface area contributed by atoms with Crippen LogP contribution in [0.3, 0.4) is 0 Å². The molecule has 1 N–H and O–H groups in total. The van der Waals surface area contributed by atoms with Crippen molar-refractivity contribution in [2.75, 3.05) is 18.5 Å². The zero-order valence-corrected chi connectivity index (χ0v) is 16.7. The normalized spacial score (nSPS) is 32.6. The van der Waals surface area contributed by atoms with Crippen LogP contribution in [0.15, 0.2) is 36.4 Å². The Labute approximate surface area is 174 Å². The van der Waals surface area contributed by atoms with E-state index in [4.69, 9.17) is 4.74 Å². The van der Waals surface area contributed by atoms with Gasteiger partial charge in [-0.1, -0.05) is 12.2 Å². The van der Waals surface area contributed by atoms with Crippen LogP contribution in [-0.2, 0) is 19.1 Å². The van der Waals surface area contributed by atoms with Gasteiger partial charge in [0.2, 0.25) is 17.7 Å². The van der Waals surface area contributed by atoms with E-state index in [-0.39, 0.29) is 54.4 Å². The lowest BCUT2D eigenvalue weighted by atomic mass is 9.63. The molecule has 0 unspecified atom stereocenters. The van der Waals surface area contributed by atoms with E-state index in [2.05, 4.69) is 17.5 Å². The highest BCUT2D eigenvalue weighted by Crippen LogP contribution is 2.65. The maximum Gasteiger partial charge on any atom is 0.338 e. The first-order chi connectivity index (χ1) is 14.5. The summed E-state index contributed by atoms with van der Waals surface area (Å²) in [6.45, 7) is 2.14. The number of allylic oxidation sites excluding steroid dienone is 2. The predicted octanol–water partition coefficient (Wildman–Crippen LogP) is 2.25. The SMILES string of the molecule is CCOC(=O)c1ccc(NC(=O)CCN2C(=O)[C@@H]3[C@H]4C=C[C@@H]([C@@H]5C[C@H]45)[C@H]3C2=O)cc1. The van der Waals surface area contributed by atoms with Gasteiger partial charge in [-0.2, -0.15) is 0 Å². The average molecular weight is 408 g/mol. The molecule has 0 spiro atoms. The Morgan fingerprint density at radius 1 is 1.03 bits per heavy atom. The molecule has 156 valence electrons. The molecule has 7 nitrogen and oxygen atoms in total. The van der Waals surface area contributed by atoms with E-state index in [0.29, 0.717) is 29.7 Å². The number of anilines is 1. The summed E-state index contributed by atoms with van der Waals surface area (Å²) in [5.41, 5.74) is 0.954. The number of amides is 3. The first-order valence-electron chi connectivity index (χ1n) is 10.6. The molecule has 3 amide bonds. The smallest absolute Gasteiger partial charge is 0.338 e. The second kappa shape index (κ2) is 7.07. The molecule has 0 radical (unpaired) electrons. The Balaban J connectivity index is 1.18. The topological polar surface area (TPSA) is 92.8 Å². The third-order valence-corrected chi connectivity index (χ3v) is 7.00. The van der Waals surface area contributed by atoms with E-state index < -0.39 is 5.97 Å². The summed E-state index contributed by atoms with van der Waals surface area (Å²) in [4.78, 5) is 51.2. The number of hydrogen-bond acceptors (Lipinski definition) is 5. The van der Waals surface area contributed by atoms with Crippen molar-refractivity contribution >= 4 is 29.4 Å².